The number of aliphatic carboxylic acids is 1. The van der Waals surface area contributed by atoms with Crippen LogP contribution >= 0.6 is 0 Å². The summed E-state index contributed by atoms with van der Waals surface area (Å²) in [5.41, 5.74) is 0. The minimum absolute atomic E-state index is 0.00563. The van der Waals surface area contributed by atoms with Crippen LogP contribution in [-0.4, -0.2) is 49.1 Å². The zero-order valence-electron chi connectivity index (χ0n) is 11.8. The van der Waals surface area contributed by atoms with Gasteiger partial charge in [0.05, 0.1) is 5.92 Å². The van der Waals surface area contributed by atoms with Crippen molar-refractivity contribution < 1.29 is 27.5 Å². The van der Waals surface area contributed by atoms with E-state index in [2.05, 4.69) is 0 Å². The molecule has 0 aliphatic heterocycles. The summed E-state index contributed by atoms with van der Waals surface area (Å²) in [5, 5.41) is 8.69. The first-order valence-corrected chi connectivity index (χ1v) is 8.43. The Kier molecular flexibility index (Phi) is 4.08. The molecule has 1 aromatic rings. The summed E-state index contributed by atoms with van der Waals surface area (Å²) < 4.78 is 27.8. The molecule has 1 saturated carbocycles. The molecule has 7 nitrogen and oxygen atoms in total. The molecule has 1 aromatic heterocycles. The van der Waals surface area contributed by atoms with Gasteiger partial charge in [-0.05, 0) is 25.0 Å². The van der Waals surface area contributed by atoms with Crippen molar-refractivity contribution in [3.05, 3.63) is 17.9 Å². The van der Waals surface area contributed by atoms with Gasteiger partial charge in [0.25, 0.3) is 5.91 Å². The van der Waals surface area contributed by atoms with Crippen LogP contribution in [0.1, 0.15) is 30.3 Å². The molecule has 1 unspecified atom stereocenters. The molecule has 8 heteroatoms. The van der Waals surface area contributed by atoms with E-state index in [0.29, 0.717) is 0 Å². The molecule has 116 valence electrons. The molecule has 1 atom stereocenters. The average Bonchev–Trinajstić information content (AvgIpc) is 3.08. The van der Waals surface area contributed by atoms with Gasteiger partial charge in [-0.3, -0.25) is 9.59 Å². The Morgan fingerprint density at radius 3 is 2.48 bits per heavy atom. The molecule has 0 radical (unpaired) electrons. The Bertz CT molecular complexity index is 658. The highest BCUT2D eigenvalue weighted by molar-refractivity contribution is 7.90. The first-order chi connectivity index (χ1) is 9.70. The van der Waals surface area contributed by atoms with Crippen LogP contribution in [0.4, 0.5) is 0 Å². The molecular weight excluding hydrogens is 298 g/mol. The van der Waals surface area contributed by atoms with Crippen molar-refractivity contribution in [2.45, 2.75) is 30.9 Å². The van der Waals surface area contributed by atoms with Gasteiger partial charge in [0, 0.05) is 18.8 Å². The molecule has 1 fully saturated rings. The van der Waals surface area contributed by atoms with Crippen molar-refractivity contribution in [1.82, 2.24) is 4.90 Å². The summed E-state index contributed by atoms with van der Waals surface area (Å²) in [6, 6.07) is 2.54. The highest BCUT2D eigenvalue weighted by atomic mass is 32.2. The topological polar surface area (TPSA) is 105 Å². The molecule has 2 rings (SSSR count). The van der Waals surface area contributed by atoms with Crippen molar-refractivity contribution in [1.29, 1.82) is 0 Å². The van der Waals surface area contributed by atoms with E-state index in [9.17, 15) is 18.0 Å². The second kappa shape index (κ2) is 5.51. The Morgan fingerprint density at radius 2 is 2.05 bits per heavy atom. The number of carboxylic acids is 1. The van der Waals surface area contributed by atoms with Crippen molar-refractivity contribution in [2.24, 2.45) is 5.92 Å². The molecule has 1 amide bonds. The maximum absolute atomic E-state index is 12.4. The summed E-state index contributed by atoms with van der Waals surface area (Å²) in [7, 11) is -3.51. The first-order valence-electron chi connectivity index (χ1n) is 6.54. The molecule has 0 saturated heterocycles. The summed E-state index contributed by atoms with van der Waals surface area (Å²) in [6.07, 6.45) is 2.63. The third kappa shape index (κ3) is 3.63. The number of rotatable bonds is 6. The van der Waals surface area contributed by atoms with Gasteiger partial charge in [0.1, 0.15) is 0 Å². The van der Waals surface area contributed by atoms with Crippen LogP contribution in [0.15, 0.2) is 21.6 Å². The molecular formula is C13H17NO6S. The highest BCUT2D eigenvalue weighted by Crippen LogP contribution is 2.29. The number of furan rings is 1. The normalized spacial score (nSPS) is 16.5. The molecule has 1 aliphatic carbocycles. The smallest absolute Gasteiger partial charge is 0.308 e. The fraction of sp³-hybridized carbons (Fsp3) is 0.538. The van der Waals surface area contributed by atoms with Crippen LogP contribution in [0.3, 0.4) is 0 Å². The van der Waals surface area contributed by atoms with Crippen LogP contribution in [0.5, 0.6) is 0 Å². The van der Waals surface area contributed by atoms with Crippen molar-refractivity contribution in [2.75, 3.05) is 12.8 Å². The Balaban J connectivity index is 2.19. The third-order valence-corrected chi connectivity index (χ3v) is 4.25. The van der Waals surface area contributed by atoms with Crippen LogP contribution in [-0.2, 0) is 14.6 Å². The maximum Gasteiger partial charge on any atom is 0.308 e. The third-order valence-electron chi connectivity index (χ3n) is 3.30. The van der Waals surface area contributed by atoms with Crippen LogP contribution < -0.4 is 0 Å². The Hall–Kier alpha value is -1.83. The van der Waals surface area contributed by atoms with Gasteiger partial charge in [0.2, 0.25) is 14.9 Å². The average molecular weight is 315 g/mol. The lowest BCUT2D eigenvalue weighted by molar-refractivity contribution is -0.141. The van der Waals surface area contributed by atoms with E-state index < -0.39 is 27.6 Å². The summed E-state index contributed by atoms with van der Waals surface area (Å²) in [4.78, 5) is 24.7. The van der Waals surface area contributed by atoms with Crippen LogP contribution in [0, 0.1) is 5.92 Å². The lowest BCUT2D eigenvalue weighted by atomic mass is 10.1. The largest absolute Gasteiger partial charge is 0.481 e. The molecule has 1 heterocycles. The van der Waals surface area contributed by atoms with Gasteiger partial charge in [-0.15, -0.1) is 0 Å². The van der Waals surface area contributed by atoms with E-state index in [0.717, 1.165) is 19.1 Å². The van der Waals surface area contributed by atoms with E-state index in [-0.39, 0.29) is 23.4 Å². The molecule has 0 aromatic carbocycles. The fourth-order valence-electron chi connectivity index (χ4n) is 1.93. The van der Waals surface area contributed by atoms with Gasteiger partial charge >= 0.3 is 5.97 Å². The minimum Gasteiger partial charge on any atom is -0.481 e. The second-order valence-corrected chi connectivity index (χ2v) is 7.27. The molecule has 1 aliphatic rings. The van der Waals surface area contributed by atoms with Crippen molar-refractivity contribution in [3.63, 3.8) is 0 Å². The van der Waals surface area contributed by atoms with Gasteiger partial charge in [-0.2, -0.15) is 0 Å². The Morgan fingerprint density at radius 1 is 1.43 bits per heavy atom. The highest BCUT2D eigenvalue weighted by Gasteiger charge is 2.36. The maximum atomic E-state index is 12.4. The first kappa shape index (κ1) is 15.6. The van der Waals surface area contributed by atoms with Gasteiger partial charge in [-0.25, -0.2) is 8.42 Å². The lowest BCUT2D eigenvalue weighted by Gasteiger charge is -2.23. The lowest BCUT2D eigenvalue weighted by Crippen LogP contribution is -2.38. The predicted molar refractivity (Wildman–Crippen MR) is 72.7 cm³/mol. The molecule has 0 spiro atoms. The summed E-state index contributed by atoms with van der Waals surface area (Å²) >= 11 is 0. The standard InChI is InChI=1S/C13H17NO6S/c1-8(13(16)17)7-14(9-3-4-9)12(15)10-5-6-11(20-10)21(2,18)19/h5-6,8-9H,3-4,7H2,1-2H3,(H,16,17). The fourth-order valence-corrected chi connectivity index (χ4v) is 2.49. The van der Waals surface area contributed by atoms with Gasteiger partial charge in [-0.1, -0.05) is 6.92 Å². The van der Waals surface area contributed by atoms with Gasteiger partial charge < -0.3 is 14.4 Å². The number of nitrogens with zero attached hydrogens (tertiary/aromatic N) is 1. The summed E-state index contributed by atoms with van der Waals surface area (Å²) in [6.45, 7) is 1.60. The molecule has 1 N–H and O–H groups in total. The van der Waals surface area contributed by atoms with E-state index in [1.807, 2.05) is 0 Å². The quantitative estimate of drug-likeness (QED) is 0.840. The van der Waals surface area contributed by atoms with Crippen LogP contribution in [0.25, 0.3) is 0 Å². The minimum atomic E-state index is -3.51. The summed E-state index contributed by atoms with van der Waals surface area (Å²) in [5.74, 6) is -2.23. The van der Waals surface area contributed by atoms with E-state index >= 15 is 0 Å². The van der Waals surface area contributed by atoms with Crippen LogP contribution in [0.2, 0.25) is 0 Å². The van der Waals surface area contributed by atoms with E-state index in [1.54, 1.807) is 0 Å². The Labute approximate surface area is 122 Å². The second-order valence-electron chi connectivity index (χ2n) is 5.32. The monoisotopic (exact) mass is 315 g/mol. The van der Waals surface area contributed by atoms with E-state index in [4.69, 9.17) is 9.52 Å². The predicted octanol–water partition coefficient (Wildman–Crippen LogP) is 1.01. The van der Waals surface area contributed by atoms with E-state index in [1.165, 1.54) is 24.0 Å². The number of sulfone groups is 1. The zero-order valence-corrected chi connectivity index (χ0v) is 12.6. The SMILES string of the molecule is CC(CN(C(=O)c1ccc(S(C)(=O)=O)o1)C1CC1)C(=O)O. The molecule has 21 heavy (non-hydrogen) atoms. The van der Waals surface area contributed by atoms with Gasteiger partial charge in [0.15, 0.2) is 5.76 Å². The number of carbonyl (C=O) groups excluding carboxylic acids is 1. The van der Waals surface area contributed by atoms with Crippen molar-refractivity contribution in [3.8, 4) is 0 Å². The number of carboxylic acid groups (broad SMARTS) is 1. The number of hydrogen-bond acceptors (Lipinski definition) is 5. The number of hydrogen-bond donors (Lipinski definition) is 1. The number of carbonyl (C=O) groups is 2. The van der Waals surface area contributed by atoms with Crippen molar-refractivity contribution >= 4 is 21.7 Å². The molecule has 0 bridgehead atoms. The zero-order chi connectivity index (χ0) is 15.8. The number of amides is 1.